The third-order valence-electron chi connectivity index (χ3n) is 3.03. The molecule has 86 valence electrons. The molecule has 0 unspecified atom stereocenters. The maximum atomic E-state index is 12.0. The number of carbonyl (C=O) groups is 1. The lowest BCUT2D eigenvalue weighted by Crippen LogP contribution is -2.54. The Labute approximate surface area is 112 Å². The number of halogens is 2. The maximum Gasteiger partial charge on any atom is 0.251 e. The van der Waals surface area contributed by atoms with Crippen LogP contribution < -0.4 is 5.32 Å². The second kappa shape index (κ2) is 4.88. The molecule has 4 heteroatoms. The molecule has 0 atom stereocenters. The summed E-state index contributed by atoms with van der Waals surface area (Å²) < 4.78 is 0.932. The van der Waals surface area contributed by atoms with Crippen LogP contribution >= 0.6 is 31.9 Å². The van der Waals surface area contributed by atoms with Crippen LogP contribution in [0.4, 0.5) is 0 Å². The van der Waals surface area contributed by atoms with Gasteiger partial charge in [-0.2, -0.15) is 0 Å². The third-order valence-corrected chi connectivity index (χ3v) is 4.60. The van der Waals surface area contributed by atoms with E-state index in [1.54, 1.807) is 0 Å². The molecule has 0 bridgehead atoms. The highest BCUT2D eigenvalue weighted by Gasteiger charge is 2.37. The second-order valence-corrected chi connectivity index (χ2v) is 5.71. The summed E-state index contributed by atoms with van der Waals surface area (Å²) in [6.07, 6.45) is 3.33. The van der Waals surface area contributed by atoms with Crippen LogP contribution in [0.15, 0.2) is 28.7 Å². The van der Waals surface area contributed by atoms with Gasteiger partial charge in [-0.25, -0.2) is 0 Å². The van der Waals surface area contributed by atoms with Crippen molar-refractivity contribution in [1.82, 2.24) is 5.32 Å². The van der Waals surface area contributed by atoms with Crippen LogP contribution in [0.25, 0.3) is 0 Å². The van der Waals surface area contributed by atoms with E-state index in [-0.39, 0.29) is 11.4 Å². The molecule has 2 rings (SSSR count). The van der Waals surface area contributed by atoms with Gasteiger partial charge in [0, 0.05) is 15.4 Å². The van der Waals surface area contributed by atoms with Gasteiger partial charge in [0.25, 0.3) is 5.91 Å². The lowest BCUT2D eigenvalue weighted by atomic mass is 9.78. The van der Waals surface area contributed by atoms with Crippen LogP contribution in [0.3, 0.4) is 0 Å². The first kappa shape index (κ1) is 12.1. The van der Waals surface area contributed by atoms with Gasteiger partial charge in [-0.05, 0) is 37.5 Å². The Kier molecular flexibility index (Phi) is 3.70. The minimum absolute atomic E-state index is 0.0143. The normalized spacial score (nSPS) is 17.6. The molecular formula is C12H13Br2NO. The molecule has 0 heterocycles. The van der Waals surface area contributed by atoms with Crippen molar-refractivity contribution in [3.63, 3.8) is 0 Å². The Morgan fingerprint density at radius 2 is 2.19 bits per heavy atom. The minimum Gasteiger partial charge on any atom is -0.346 e. The van der Waals surface area contributed by atoms with Crippen LogP contribution in [-0.4, -0.2) is 16.8 Å². The summed E-state index contributed by atoms with van der Waals surface area (Å²) in [5.41, 5.74) is 0.695. The summed E-state index contributed by atoms with van der Waals surface area (Å²) >= 11 is 6.84. The Bertz CT molecular complexity index is 396. The number of benzene rings is 1. The summed E-state index contributed by atoms with van der Waals surface area (Å²) in [5.74, 6) is 0.0143. The third kappa shape index (κ3) is 2.48. The molecule has 0 spiro atoms. The summed E-state index contributed by atoms with van der Waals surface area (Å²) in [4.78, 5) is 12.0. The number of nitrogens with one attached hydrogen (secondary N) is 1. The first-order valence-electron chi connectivity index (χ1n) is 5.29. The van der Waals surface area contributed by atoms with Gasteiger partial charge >= 0.3 is 0 Å². The first-order chi connectivity index (χ1) is 7.65. The van der Waals surface area contributed by atoms with Crippen molar-refractivity contribution in [3.8, 4) is 0 Å². The van der Waals surface area contributed by atoms with Gasteiger partial charge in [0.1, 0.15) is 0 Å². The maximum absolute atomic E-state index is 12.0. The van der Waals surface area contributed by atoms with Gasteiger partial charge in [0.05, 0.1) is 5.54 Å². The van der Waals surface area contributed by atoms with E-state index in [9.17, 15) is 4.79 Å². The molecule has 1 aliphatic carbocycles. The molecule has 1 saturated carbocycles. The molecule has 0 aromatic heterocycles. The molecule has 0 aliphatic heterocycles. The number of carbonyl (C=O) groups excluding carboxylic acids is 1. The number of rotatable bonds is 3. The lowest BCUT2D eigenvalue weighted by molar-refractivity contribution is 0.0856. The Morgan fingerprint density at radius 3 is 2.69 bits per heavy atom. The van der Waals surface area contributed by atoms with E-state index in [2.05, 4.69) is 37.2 Å². The van der Waals surface area contributed by atoms with Gasteiger partial charge in [-0.1, -0.05) is 37.9 Å². The fraction of sp³-hybridized carbons (Fsp3) is 0.417. The Morgan fingerprint density at radius 1 is 1.44 bits per heavy atom. The summed E-state index contributed by atoms with van der Waals surface area (Å²) in [7, 11) is 0. The summed E-state index contributed by atoms with van der Waals surface area (Å²) in [6, 6.07) is 7.47. The van der Waals surface area contributed by atoms with Crippen molar-refractivity contribution < 1.29 is 4.79 Å². The highest BCUT2D eigenvalue weighted by molar-refractivity contribution is 9.10. The smallest absolute Gasteiger partial charge is 0.251 e. The fourth-order valence-electron chi connectivity index (χ4n) is 1.84. The van der Waals surface area contributed by atoms with E-state index >= 15 is 0 Å². The average Bonchev–Trinajstić information content (AvgIpc) is 2.23. The zero-order valence-electron chi connectivity index (χ0n) is 8.80. The number of alkyl halides is 1. The van der Waals surface area contributed by atoms with E-state index in [1.807, 2.05) is 24.3 Å². The van der Waals surface area contributed by atoms with E-state index in [0.29, 0.717) is 5.56 Å². The Balaban J connectivity index is 2.08. The van der Waals surface area contributed by atoms with Gasteiger partial charge in [0.2, 0.25) is 0 Å². The standard InChI is InChI=1S/C12H13Br2NO/c13-8-12(5-2-6-12)15-11(16)9-3-1-4-10(14)7-9/h1,3-4,7H,2,5-6,8H2,(H,15,16). The number of hydrogen-bond acceptors (Lipinski definition) is 1. The molecular weight excluding hydrogens is 334 g/mol. The molecule has 2 nitrogen and oxygen atoms in total. The highest BCUT2D eigenvalue weighted by Crippen LogP contribution is 2.33. The molecule has 0 saturated heterocycles. The molecule has 16 heavy (non-hydrogen) atoms. The SMILES string of the molecule is O=C(NC1(CBr)CCC1)c1cccc(Br)c1. The molecule has 1 aromatic carbocycles. The lowest BCUT2D eigenvalue weighted by Gasteiger charge is -2.41. The molecule has 1 fully saturated rings. The van der Waals surface area contributed by atoms with E-state index in [4.69, 9.17) is 0 Å². The van der Waals surface area contributed by atoms with Crippen molar-refractivity contribution in [2.45, 2.75) is 24.8 Å². The zero-order chi connectivity index (χ0) is 11.6. The largest absolute Gasteiger partial charge is 0.346 e. The van der Waals surface area contributed by atoms with Crippen molar-refractivity contribution in [1.29, 1.82) is 0 Å². The van der Waals surface area contributed by atoms with E-state index < -0.39 is 0 Å². The van der Waals surface area contributed by atoms with Crippen molar-refractivity contribution in [2.24, 2.45) is 0 Å². The molecule has 1 N–H and O–H groups in total. The van der Waals surface area contributed by atoms with Gasteiger partial charge < -0.3 is 5.32 Å². The molecule has 1 amide bonds. The minimum atomic E-state index is -0.0145. The quantitative estimate of drug-likeness (QED) is 0.834. The number of amides is 1. The van der Waals surface area contributed by atoms with E-state index in [0.717, 1.165) is 22.6 Å². The topological polar surface area (TPSA) is 29.1 Å². The number of hydrogen-bond donors (Lipinski definition) is 1. The van der Waals surface area contributed by atoms with Crippen LogP contribution in [-0.2, 0) is 0 Å². The average molecular weight is 347 g/mol. The zero-order valence-corrected chi connectivity index (χ0v) is 12.0. The first-order valence-corrected chi connectivity index (χ1v) is 7.21. The fourth-order valence-corrected chi connectivity index (χ4v) is 2.94. The monoisotopic (exact) mass is 345 g/mol. The predicted molar refractivity (Wildman–Crippen MR) is 72.0 cm³/mol. The summed E-state index contributed by atoms with van der Waals surface area (Å²) in [5, 5.41) is 3.95. The van der Waals surface area contributed by atoms with Crippen LogP contribution in [0.2, 0.25) is 0 Å². The molecule has 1 aliphatic rings. The van der Waals surface area contributed by atoms with Crippen molar-refractivity contribution in [3.05, 3.63) is 34.3 Å². The van der Waals surface area contributed by atoms with Crippen LogP contribution in [0.5, 0.6) is 0 Å². The highest BCUT2D eigenvalue weighted by atomic mass is 79.9. The molecule has 0 radical (unpaired) electrons. The van der Waals surface area contributed by atoms with Crippen molar-refractivity contribution >= 4 is 37.8 Å². The van der Waals surface area contributed by atoms with Crippen molar-refractivity contribution in [2.75, 3.05) is 5.33 Å². The Hall–Kier alpha value is -0.350. The van der Waals surface area contributed by atoms with Crippen LogP contribution in [0, 0.1) is 0 Å². The predicted octanol–water partition coefficient (Wildman–Crippen LogP) is 3.50. The molecule has 1 aromatic rings. The van der Waals surface area contributed by atoms with Gasteiger partial charge in [0.15, 0.2) is 0 Å². The second-order valence-electron chi connectivity index (χ2n) is 4.23. The van der Waals surface area contributed by atoms with Gasteiger partial charge in [-0.3, -0.25) is 4.79 Å². The van der Waals surface area contributed by atoms with Gasteiger partial charge in [-0.15, -0.1) is 0 Å². The van der Waals surface area contributed by atoms with Crippen LogP contribution in [0.1, 0.15) is 29.6 Å². The van der Waals surface area contributed by atoms with E-state index in [1.165, 1.54) is 6.42 Å². The summed E-state index contributed by atoms with van der Waals surface area (Å²) in [6.45, 7) is 0.